The summed E-state index contributed by atoms with van der Waals surface area (Å²) in [5.41, 5.74) is 0.875. The average Bonchev–Trinajstić information content (AvgIpc) is 2.90. The number of aromatic nitrogens is 1. The molecule has 40 heavy (non-hydrogen) atoms. The molecule has 1 fully saturated rings. The van der Waals surface area contributed by atoms with Crippen LogP contribution in [0.25, 0.3) is 5.70 Å². The number of halogens is 4. The van der Waals surface area contributed by atoms with Crippen molar-refractivity contribution in [1.82, 2.24) is 9.88 Å². The lowest BCUT2D eigenvalue weighted by Crippen LogP contribution is -2.48. The summed E-state index contributed by atoms with van der Waals surface area (Å²) in [5, 5.41) is 12.6. The number of nitriles is 1. The van der Waals surface area contributed by atoms with E-state index in [2.05, 4.69) is 49.8 Å². The molecule has 1 saturated heterocycles. The molecule has 0 aliphatic carbocycles. The number of aliphatic imine (C=N–C) groups is 2. The van der Waals surface area contributed by atoms with Gasteiger partial charge in [-0.3, -0.25) is 0 Å². The predicted molar refractivity (Wildman–Crippen MR) is 147 cm³/mol. The molecule has 2 aliphatic heterocycles. The molecule has 0 spiro atoms. The number of benzene rings is 1. The van der Waals surface area contributed by atoms with Crippen LogP contribution in [0.2, 0.25) is 0 Å². The maximum absolute atomic E-state index is 15.0. The number of hydrogen-bond donors (Lipinski definition) is 1. The number of alkyl halides is 2. The van der Waals surface area contributed by atoms with Crippen LogP contribution in [0.15, 0.2) is 40.1 Å². The molecule has 3 heterocycles. The van der Waals surface area contributed by atoms with Crippen molar-refractivity contribution in [1.29, 1.82) is 5.26 Å². The van der Waals surface area contributed by atoms with Crippen molar-refractivity contribution in [3.05, 3.63) is 52.7 Å². The third-order valence-electron chi connectivity index (χ3n) is 6.96. The Kier molecular flexibility index (Phi) is 8.44. The maximum atomic E-state index is 15.0. The predicted octanol–water partition coefficient (Wildman–Crippen LogP) is 5.93. The molecule has 0 unspecified atom stereocenters. The van der Waals surface area contributed by atoms with Gasteiger partial charge in [0.05, 0.1) is 5.69 Å². The summed E-state index contributed by atoms with van der Waals surface area (Å²) in [6.07, 6.45) is -1.76. The Hall–Kier alpha value is -3.98. The first-order valence-corrected chi connectivity index (χ1v) is 12.9. The highest BCUT2D eigenvalue weighted by molar-refractivity contribution is 5.99. The number of pyridine rings is 1. The number of ether oxygens (including phenoxy) is 1. The van der Waals surface area contributed by atoms with E-state index in [0.717, 1.165) is 44.5 Å². The quantitative estimate of drug-likeness (QED) is 0.279. The minimum Gasteiger partial charge on any atom is -0.426 e. The largest absolute Gasteiger partial charge is 0.426 e. The zero-order valence-corrected chi connectivity index (χ0v) is 22.8. The number of hydrogen-bond acceptors (Lipinski definition) is 6. The molecule has 1 aromatic carbocycles. The lowest BCUT2D eigenvalue weighted by Gasteiger charge is -2.38. The van der Waals surface area contributed by atoms with E-state index in [1.54, 1.807) is 19.9 Å². The lowest BCUT2D eigenvalue weighted by molar-refractivity contribution is -0.174. The van der Waals surface area contributed by atoms with Crippen LogP contribution in [0.1, 0.15) is 56.4 Å². The minimum absolute atomic E-state index is 0.0121. The van der Waals surface area contributed by atoms with E-state index in [0.29, 0.717) is 0 Å². The van der Waals surface area contributed by atoms with E-state index in [9.17, 15) is 18.4 Å². The van der Waals surface area contributed by atoms with Gasteiger partial charge in [-0.15, -0.1) is 0 Å². The molecule has 0 radical (unpaired) electrons. The molecule has 0 amide bonds. The third kappa shape index (κ3) is 6.25. The van der Waals surface area contributed by atoms with Gasteiger partial charge in [0.15, 0.2) is 11.6 Å². The highest BCUT2D eigenvalue weighted by Gasteiger charge is 2.43. The molecular weight excluding hydrogens is 526 g/mol. The summed E-state index contributed by atoms with van der Waals surface area (Å²) < 4.78 is 62.6. The average molecular weight is 558 g/mol. The molecule has 212 valence electrons. The first-order chi connectivity index (χ1) is 18.9. The van der Waals surface area contributed by atoms with Crippen molar-refractivity contribution in [2.45, 2.75) is 51.7 Å². The van der Waals surface area contributed by atoms with E-state index < -0.39 is 36.1 Å². The van der Waals surface area contributed by atoms with Gasteiger partial charge in [-0.05, 0) is 90.1 Å². The Morgan fingerprint density at radius 1 is 1.27 bits per heavy atom. The number of nitrogens with zero attached hydrogens (tertiary/aromatic N) is 6. The van der Waals surface area contributed by atoms with E-state index in [1.165, 1.54) is 11.0 Å². The molecule has 0 saturated carbocycles. The fourth-order valence-electron chi connectivity index (χ4n) is 4.90. The smallest absolute Gasteiger partial charge is 0.416 e. The molecule has 2 aromatic rings. The molecule has 12 heteroatoms. The number of piperidine rings is 1. The van der Waals surface area contributed by atoms with Crippen molar-refractivity contribution in [2.24, 2.45) is 9.98 Å². The minimum atomic E-state index is -3.59. The van der Waals surface area contributed by atoms with E-state index in [-0.39, 0.29) is 40.3 Å². The van der Waals surface area contributed by atoms with Gasteiger partial charge in [-0.1, -0.05) is 6.07 Å². The normalized spacial score (nSPS) is 18.5. The SMILES string of the molecule is C=N/C(=N\C(=C(/C)F)c1cc(F)c2c(c1)N(C(C)C)CC(F)(F)O2)Nc1ccc(C2CCN(C)CC2)c(C#N)n1. The molecule has 2 aliphatic rings. The summed E-state index contributed by atoms with van der Waals surface area (Å²) in [6, 6.07) is 7.46. The summed E-state index contributed by atoms with van der Waals surface area (Å²) in [6.45, 7) is 9.02. The van der Waals surface area contributed by atoms with Crippen LogP contribution >= 0.6 is 0 Å². The summed E-state index contributed by atoms with van der Waals surface area (Å²) in [7, 11) is 2.06. The van der Waals surface area contributed by atoms with E-state index in [4.69, 9.17) is 0 Å². The van der Waals surface area contributed by atoms with Crippen molar-refractivity contribution in [2.75, 3.05) is 36.9 Å². The highest BCUT2D eigenvalue weighted by atomic mass is 19.3. The molecule has 0 bridgehead atoms. The molecule has 0 atom stereocenters. The number of allylic oxidation sites excluding steroid dienone is 1. The lowest BCUT2D eigenvalue weighted by atomic mass is 9.88. The maximum Gasteiger partial charge on any atom is 0.416 e. The number of anilines is 2. The number of nitrogens with one attached hydrogen (secondary N) is 1. The fourth-order valence-corrected chi connectivity index (χ4v) is 4.90. The number of likely N-dealkylation sites (tertiary alicyclic amines) is 1. The third-order valence-corrected chi connectivity index (χ3v) is 6.96. The van der Waals surface area contributed by atoms with E-state index >= 15 is 4.39 Å². The number of guanidine groups is 1. The Labute approximate surface area is 230 Å². The Bertz CT molecular complexity index is 1390. The van der Waals surface area contributed by atoms with Gasteiger partial charge in [0, 0.05) is 11.6 Å². The van der Waals surface area contributed by atoms with Crippen LogP contribution in [-0.4, -0.2) is 61.4 Å². The van der Waals surface area contributed by atoms with Crippen molar-refractivity contribution in [3.63, 3.8) is 0 Å². The fraction of sp³-hybridized carbons (Fsp3) is 0.429. The standard InChI is InChI=1S/C28H31F4N7O/c1-16(2)39-15-28(31,32)40-26-21(30)12-19(13-23(26)39)25(17(3)29)37-27(34-4)36-24-7-6-20(22(14-33)35-24)18-8-10-38(5)11-9-18/h6-7,12-13,16,18H,4,8-11,15H2,1-3,5H3,(H,35,36,37)/b25-17+. The number of fused-ring (bicyclic) bond motifs is 1. The molecule has 8 nitrogen and oxygen atoms in total. The molecule has 4 rings (SSSR count). The van der Waals surface area contributed by atoms with Crippen LogP contribution in [0, 0.1) is 17.1 Å². The Morgan fingerprint density at radius 3 is 2.58 bits per heavy atom. The molecule has 1 N–H and O–H groups in total. The van der Waals surface area contributed by atoms with Gasteiger partial charge >= 0.3 is 6.11 Å². The van der Waals surface area contributed by atoms with Gasteiger partial charge in [0.1, 0.15) is 35.6 Å². The summed E-state index contributed by atoms with van der Waals surface area (Å²) >= 11 is 0. The van der Waals surface area contributed by atoms with Gasteiger partial charge in [-0.25, -0.2) is 23.7 Å². The van der Waals surface area contributed by atoms with E-state index in [1.807, 2.05) is 6.07 Å². The van der Waals surface area contributed by atoms with Crippen LogP contribution in [0.3, 0.4) is 0 Å². The van der Waals surface area contributed by atoms with Crippen molar-refractivity contribution >= 4 is 29.9 Å². The zero-order chi connectivity index (χ0) is 29.2. The van der Waals surface area contributed by atoms with Gasteiger partial charge < -0.3 is 19.9 Å². The molecular formula is C28H31F4N7O. The summed E-state index contributed by atoms with van der Waals surface area (Å²) in [5.74, 6) is -2.17. The van der Waals surface area contributed by atoms with Crippen LogP contribution in [0.4, 0.5) is 29.1 Å². The van der Waals surface area contributed by atoms with Crippen LogP contribution in [-0.2, 0) is 0 Å². The van der Waals surface area contributed by atoms with Crippen molar-refractivity contribution < 1.29 is 22.3 Å². The second-order valence-electron chi connectivity index (χ2n) is 10.2. The van der Waals surface area contributed by atoms with Crippen LogP contribution in [0.5, 0.6) is 5.75 Å². The summed E-state index contributed by atoms with van der Waals surface area (Å²) in [4.78, 5) is 15.9. The Balaban J connectivity index is 1.66. The van der Waals surface area contributed by atoms with Crippen molar-refractivity contribution in [3.8, 4) is 11.8 Å². The second-order valence-corrected chi connectivity index (χ2v) is 10.2. The highest BCUT2D eigenvalue weighted by Crippen LogP contribution is 2.43. The second kappa shape index (κ2) is 11.6. The van der Waals surface area contributed by atoms with Gasteiger partial charge in [0.25, 0.3) is 0 Å². The topological polar surface area (TPSA) is 89.1 Å². The zero-order valence-electron chi connectivity index (χ0n) is 22.8. The first kappa shape index (κ1) is 29.0. The van der Waals surface area contributed by atoms with Gasteiger partial charge in [0.2, 0.25) is 5.96 Å². The number of rotatable bonds is 5. The monoisotopic (exact) mass is 557 g/mol. The Morgan fingerprint density at radius 2 is 1.98 bits per heavy atom. The van der Waals surface area contributed by atoms with Crippen LogP contribution < -0.4 is 15.0 Å². The van der Waals surface area contributed by atoms with Gasteiger partial charge in [-0.2, -0.15) is 14.0 Å². The first-order valence-electron chi connectivity index (χ1n) is 12.9. The molecule has 1 aromatic heterocycles.